The number of hydrogen-bond donors (Lipinski definition) is 2. The van der Waals surface area contributed by atoms with Crippen LogP contribution in [0.3, 0.4) is 0 Å². The van der Waals surface area contributed by atoms with E-state index < -0.39 is 0 Å². The van der Waals surface area contributed by atoms with Crippen molar-refractivity contribution in [3.63, 3.8) is 0 Å². The molecule has 5 nitrogen and oxygen atoms in total. The monoisotopic (exact) mass is 394 g/mol. The van der Waals surface area contributed by atoms with Crippen LogP contribution in [0.4, 0.5) is 0 Å². The third-order valence-corrected chi connectivity index (χ3v) is 6.28. The van der Waals surface area contributed by atoms with E-state index in [1.165, 1.54) is 0 Å². The molecule has 4 rings (SSSR count). The molecule has 1 aromatic rings. The largest absolute Gasteiger partial charge is 0.486 e. The van der Waals surface area contributed by atoms with Crippen LogP contribution in [0.25, 0.3) is 0 Å². The molecule has 1 aromatic carbocycles. The maximum absolute atomic E-state index is 12.7. The number of carbonyl (C=O) groups is 1. The summed E-state index contributed by atoms with van der Waals surface area (Å²) < 4.78 is 12.2. The number of nitrogens with one attached hydrogen (secondary N) is 2. The molecule has 6 heteroatoms. The zero-order valence-corrected chi connectivity index (χ0v) is 15.4. The van der Waals surface area contributed by atoms with Gasteiger partial charge in [-0.3, -0.25) is 4.79 Å². The van der Waals surface area contributed by atoms with Crippen molar-refractivity contribution in [2.24, 2.45) is 11.3 Å². The number of rotatable bonds is 3. The quantitative estimate of drug-likeness (QED) is 0.827. The van der Waals surface area contributed by atoms with Crippen molar-refractivity contribution in [3.05, 3.63) is 22.2 Å². The number of ether oxygens (including phenoxy) is 2. The Morgan fingerprint density at radius 3 is 2.67 bits per heavy atom. The van der Waals surface area contributed by atoms with Crippen molar-refractivity contribution in [2.45, 2.75) is 32.2 Å². The summed E-state index contributed by atoms with van der Waals surface area (Å²) in [5.41, 5.74) is 1.28. The van der Waals surface area contributed by atoms with E-state index >= 15 is 0 Å². The smallest absolute Gasteiger partial charge is 0.224 e. The van der Waals surface area contributed by atoms with Crippen molar-refractivity contribution in [2.75, 3.05) is 26.3 Å². The van der Waals surface area contributed by atoms with Crippen molar-refractivity contribution < 1.29 is 14.3 Å². The summed E-state index contributed by atoms with van der Waals surface area (Å²) in [4.78, 5) is 12.7. The highest BCUT2D eigenvalue weighted by Gasteiger charge is 2.57. The fourth-order valence-corrected chi connectivity index (χ4v) is 4.66. The van der Waals surface area contributed by atoms with E-state index in [4.69, 9.17) is 9.47 Å². The molecular formula is C18H23BrN2O3. The maximum atomic E-state index is 12.7. The molecule has 1 saturated carbocycles. The average molecular weight is 395 g/mol. The first kappa shape index (κ1) is 16.2. The molecule has 1 spiro atoms. The Hall–Kier alpha value is -1.27. The molecule has 24 heavy (non-hydrogen) atoms. The van der Waals surface area contributed by atoms with Crippen molar-refractivity contribution >= 4 is 21.8 Å². The Balaban J connectivity index is 1.45. The van der Waals surface area contributed by atoms with Gasteiger partial charge in [-0.1, -0.05) is 15.9 Å². The summed E-state index contributed by atoms with van der Waals surface area (Å²) in [6.07, 6.45) is 3.27. The highest BCUT2D eigenvalue weighted by atomic mass is 79.9. The van der Waals surface area contributed by atoms with Crippen LogP contribution in [0.15, 0.2) is 16.6 Å². The molecular weight excluding hydrogens is 372 g/mol. The predicted molar refractivity (Wildman–Crippen MR) is 94.3 cm³/mol. The first-order valence-corrected chi connectivity index (χ1v) is 9.48. The average Bonchev–Trinajstić information content (AvgIpc) is 3.28. The van der Waals surface area contributed by atoms with Crippen molar-refractivity contribution in [1.82, 2.24) is 10.6 Å². The zero-order chi connectivity index (χ0) is 16.7. The SMILES string of the molecule is CC(NC(=O)C1CC12CCNCC2)c1cc2c(cc1Br)OCCO2. The van der Waals surface area contributed by atoms with Crippen LogP contribution in [0, 0.1) is 11.3 Å². The molecule has 2 fully saturated rings. The predicted octanol–water partition coefficient (Wildman–Crippen LogP) is 2.79. The van der Waals surface area contributed by atoms with Crippen LogP contribution < -0.4 is 20.1 Å². The lowest BCUT2D eigenvalue weighted by Gasteiger charge is -2.25. The Kier molecular flexibility index (Phi) is 4.21. The summed E-state index contributed by atoms with van der Waals surface area (Å²) >= 11 is 3.59. The van der Waals surface area contributed by atoms with Gasteiger partial charge < -0.3 is 20.1 Å². The van der Waals surface area contributed by atoms with Gasteiger partial charge in [0.05, 0.1) is 6.04 Å². The molecule has 2 N–H and O–H groups in total. The Morgan fingerprint density at radius 2 is 1.96 bits per heavy atom. The first-order valence-electron chi connectivity index (χ1n) is 8.69. The number of benzene rings is 1. The molecule has 1 amide bonds. The third-order valence-electron chi connectivity index (χ3n) is 5.59. The highest BCUT2D eigenvalue weighted by molar-refractivity contribution is 9.10. The summed E-state index contributed by atoms with van der Waals surface area (Å²) in [5.74, 6) is 1.87. The van der Waals surface area contributed by atoms with Gasteiger partial charge in [-0.05, 0) is 62.4 Å². The molecule has 0 aromatic heterocycles. The lowest BCUT2D eigenvalue weighted by Crippen LogP contribution is -2.34. The highest BCUT2D eigenvalue weighted by Crippen LogP contribution is 2.58. The van der Waals surface area contributed by atoms with Gasteiger partial charge in [0.2, 0.25) is 5.91 Å². The fourth-order valence-electron chi connectivity index (χ4n) is 4.00. The summed E-state index contributed by atoms with van der Waals surface area (Å²) in [6.45, 7) is 5.22. The van der Waals surface area contributed by atoms with Gasteiger partial charge in [-0.25, -0.2) is 0 Å². The van der Waals surface area contributed by atoms with Crippen LogP contribution in [0.1, 0.15) is 37.8 Å². The van der Waals surface area contributed by atoms with Crippen LogP contribution in [-0.4, -0.2) is 32.2 Å². The second-order valence-electron chi connectivity index (χ2n) is 7.12. The molecule has 1 saturated heterocycles. The number of fused-ring (bicyclic) bond motifs is 1. The molecule has 2 atom stereocenters. The van der Waals surface area contributed by atoms with Gasteiger partial charge in [0.1, 0.15) is 13.2 Å². The molecule has 2 heterocycles. The van der Waals surface area contributed by atoms with Gasteiger partial charge in [-0.15, -0.1) is 0 Å². The van der Waals surface area contributed by atoms with E-state index in [-0.39, 0.29) is 23.3 Å². The van der Waals surface area contributed by atoms with Crippen LogP contribution in [-0.2, 0) is 4.79 Å². The Labute approximate surface area is 150 Å². The van der Waals surface area contributed by atoms with E-state index in [0.717, 1.165) is 53.9 Å². The molecule has 2 aliphatic heterocycles. The van der Waals surface area contributed by atoms with E-state index in [9.17, 15) is 4.79 Å². The molecule has 0 bridgehead atoms. The third kappa shape index (κ3) is 2.90. The number of halogens is 1. The zero-order valence-electron chi connectivity index (χ0n) is 13.9. The van der Waals surface area contributed by atoms with Crippen molar-refractivity contribution in [3.8, 4) is 11.5 Å². The van der Waals surface area contributed by atoms with Gasteiger partial charge in [0, 0.05) is 10.4 Å². The van der Waals surface area contributed by atoms with E-state index in [1.807, 2.05) is 19.1 Å². The van der Waals surface area contributed by atoms with Crippen LogP contribution in [0.2, 0.25) is 0 Å². The van der Waals surface area contributed by atoms with E-state index in [1.54, 1.807) is 0 Å². The fraction of sp³-hybridized carbons (Fsp3) is 0.611. The lowest BCUT2D eigenvalue weighted by atomic mass is 9.91. The molecule has 130 valence electrons. The molecule has 1 aliphatic carbocycles. The van der Waals surface area contributed by atoms with Gasteiger partial charge in [0.25, 0.3) is 0 Å². The topological polar surface area (TPSA) is 59.6 Å². The Morgan fingerprint density at radius 1 is 1.29 bits per heavy atom. The minimum absolute atomic E-state index is 0.0675. The minimum Gasteiger partial charge on any atom is -0.486 e. The molecule has 2 unspecified atom stereocenters. The lowest BCUT2D eigenvalue weighted by molar-refractivity contribution is -0.123. The second kappa shape index (κ2) is 6.23. The van der Waals surface area contributed by atoms with Crippen molar-refractivity contribution in [1.29, 1.82) is 0 Å². The molecule has 3 aliphatic rings. The van der Waals surface area contributed by atoms with E-state index in [0.29, 0.717) is 13.2 Å². The minimum atomic E-state index is -0.0675. The second-order valence-corrected chi connectivity index (χ2v) is 7.97. The van der Waals surface area contributed by atoms with E-state index in [2.05, 4.69) is 26.6 Å². The number of piperidine rings is 1. The van der Waals surface area contributed by atoms with Gasteiger partial charge in [-0.2, -0.15) is 0 Å². The molecule has 0 radical (unpaired) electrons. The maximum Gasteiger partial charge on any atom is 0.224 e. The Bertz CT molecular complexity index is 658. The summed E-state index contributed by atoms with van der Waals surface area (Å²) in [5, 5.41) is 6.57. The van der Waals surface area contributed by atoms with Crippen LogP contribution >= 0.6 is 15.9 Å². The first-order chi connectivity index (χ1) is 11.6. The standard InChI is InChI=1S/C18H23BrN2O3/c1-11(12-8-15-16(9-14(12)19)24-7-6-23-15)21-17(22)13-10-18(13)2-4-20-5-3-18/h8-9,11,13,20H,2-7,10H2,1H3,(H,21,22). The summed E-state index contributed by atoms with van der Waals surface area (Å²) in [7, 11) is 0. The number of amides is 1. The number of carbonyl (C=O) groups excluding carboxylic acids is 1. The van der Waals surface area contributed by atoms with Gasteiger partial charge in [0.15, 0.2) is 11.5 Å². The normalized spacial score (nSPS) is 25.2. The summed E-state index contributed by atoms with van der Waals surface area (Å²) in [6, 6.07) is 3.83. The van der Waals surface area contributed by atoms with Gasteiger partial charge >= 0.3 is 0 Å². The van der Waals surface area contributed by atoms with Crippen LogP contribution in [0.5, 0.6) is 11.5 Å². The number of hydrogen-bond acceptors (Lipinski definition) is 4.